The van der Waals surface area contributed by atoms with Gasteiger partial charge in [-0.15, -0.1) is 0 Å². The summed E-state index contributed by atoms with van der Waals surface area (Å²) in [7, 11) is 0. The number of carbonyl (C=O) groups excluding carboxylic acids is 1. The number of carbonyl (C=O) groups is 1. The first-order valence-corrected chi connectivity index (χ1v) is 5.10. The van der Waals surface area contributed by atoms with E-state index in [1.807, 2.05) is 37.3 Å². The van der Waals surface area contributed by atoms with Crippen LogP contribution in [-0.2, 0) is 11.3 Å². The van der Waals surface area contributed by atoms with E-state index in [4.69, 9.17) is 10.00 Å². The number of hydrogen-bond donors (Lipinski definition) is 0. The van der Waals surface area contributed by atoms with Crippen LogP contribution in [0.15, 0.2) is 24.3 Å². The summed E-state index contributed by atoms with van der Waals surface area (Å²) in [6, 6.07) is 9.88. The molecule has 0 aromatic heterocycles. The molecule has 0 aliphatic carbocycles. The third-order valence-electron chi connectivity index (χ3n) is 2.53. The molecule has 1 aromatic carbocycles. The summed E-state index contributed by atoms with van der Waals surface area (Å²) >= 11 is 0. The standard InChI is InChI=1S/C12H12N2O2/c1-9-2-4-10(5-3-9)7-14-8-11(6-13)16-12(14)15/h2-5,11H,7-8H2,1H3. The molecule has 4 heteroatoms. The van der Waals surface area contributed by atoms with Gasteiger partial charge in [0, 0.05) is 6.54 Å². The summed E-state index contributed by atoms with van der Waals surface area (Å²) in [5, 5.41) is 8.65. The van der Waals surface area contributed by atoms with E-state index in [1.54, 1.807) is 4.90 Å². The van der Waals surface area contributed by atoms with Crippen LogP contribution in [0.1, 0.15) is 11.1 Å². The topological polar surface area (TPSA) is 53.3 Å². The molecule has 1 atom stereocenters. The fourth-order valence-electron chi connectivity index (χ4n) is 1.62. The molecule has 1 aliphatic heterocycles. The Balaban J connectivity index is 2.03. The minimum atomic E-state index is -0.627. The van der Waals surface area contributed by atoms with Crippen LogP contribution in [0.25, 0.3) is 0 Å². The van der Waals surface area contributed by atoms with E-state index in [0.29, 0.717) is 13.1 Å². The summed E-state index contributed by atoms with van der Waals surface area (Å²) in [4.78, 5) is 12.9. The van der Waals surface area contributed by atoms with E-state index < -0.39 is 12.2 Å². The zero-order valence-electron chi connectivity index (χ0n) is 9.01. The van der Waals surface area contributed by atoms with Gasteiger partial charge in [0.25, 0.3) is 0 Å². The van der Waals surface area contributed by atoms with Crippen LogP contribution in [-0.4, -0.2) is 23.6 Å². The van der Waals surface area contributed by atoms with E-state index in [9.17, 15) is 4.79 Å². The smallest absolute Gasteiger partial charge is 0.411 e. The predicted octanol–water partition coefficient (Wildman–Crippen LogP) is 1.84. The van der Waals surface area contributed by atoms with E-state index in [1.165, 1.54) is 5.56 Å². The van der Waals surface area contributed by atoms with Crippen LogP contribution in [0.2, 0.25) is 0 Å². The molecule has 16 heavy (non-hydrogen) atoms. The summed E-state index contributed by atoms with van der Waals surface area (Å²) in [5.74, 6) is 0. The largest absolute Gasteiger partial charge is 0.429 e. The monoisotopic (exact) mass is 216 g/mol. The molecule has 1 unspecified atom stereocenters. The summed E-state index contributed by atoms with van der Waals surface area (Å²) in [6.07, 6.45) is -1.04. The van der Waals surface area contributed by atoms with Gasteiger partial charge in [-0.3, -0.25) is 4.90 Å². The lowest BCUT2D eigenvalue weighted by Crippen LogP contribution is -2.24. The van der Waals surface area contributed by atoms with E-state index in [0.717, 1.165) is 5.56 Å². The van der Waals surface area contributed by atoms with Gasteiger partial charge in [-0.25, -0.2) is 4.79 Å². The Morgan fingerprint density at radius 2 is 2.19 bits per heavy atom. The lowest BCUT2D eigenvalue weighted by Gasteiger charge is -2.12. The van der Waals surface area contributed by atoms with Crippen molar-refractivity contribution in [3.8, 4) is 6.07 Å². The zero-order valence-corrected chi connectivity index (χ0v) is 9.01. The van der Waals surface area contributed by atoms with Crippen LogP contribution < -0.4 is 0 Å². The van der Waals surface area contributed by atoms with Crippen molar-refractivity contribution in [2.45, 2.75) is 19.6 Å². The van der Waals surface area contributed by atoms with Crippen LogP contribution in [0.5, 0.6) is 0 Å². The van der Waals surface area contributed by atoms with Gasteiger partial charge >= 0.3 is 6.09 Å². The average Bonchev–Trinajstić information content (AvgIpc) is 2.63. The molecule has 1 heterocycles. The molecule has 0 N–H and O–H groups in total. The number of cyclic esters (lactones) is 1. The van der Waals surface area contributed by atoms with Crippen LogP contribution in [0, 0.1) is 18.3 Å². The molecule has 1 aliphatic rings. The fourth-order valence-corrected chi connectivity index (χ4v) is 1.62. The van der Waals surface area contributed by atoms with Gasteiger partial charge < -0.3 is 4.74 Å². The predicted molar refractivity (Wildman–Crippen MR) is 57.5 cm³/mol. The van der Waals surface area contributed by atoms with Crippen molar-refractivity contribution in [3.63, 3.8) is 0 Å². The SMILES string of the molecule is Cc1ccc(CN2CC(C#N)OC2=O)cc1. The Hall–Kier alpha value is -2.02. The first-order chi connectivity index (χ1) is 7.69. The number of amides is 1. The number of ether oxygens (including phenoxy) is 1. The summed E-state index contributed by atoms with van der Waals surface area (Å²) < 4.78 is 4.84. The van der Waals surface area contributed by atoms with Gasteiger partial charge in [-0.1, -0.05) is 29.8 Å². The second-order valence-electron chi connectivity index (χ2n) is 3.87. The van der Waals surface area contributed by atoms with Crippen molar-refractivity contribution in [2.75, 3.05) is 6.54 Å². The van der Waals surface area contributed by atoms with Gasteiger partial charge in [0.15, 0.2) is 0 Å². The molecular formula is C12H12N2O2. The van der Waals surface area contributed by atoms with Crippen LogP contribution >= 0.6 is 0 Å². The third kappa shape index (κ3) is 2.14. The normalized spacial score (nSPS) is 19.4. The molecule has 4 nitrogen and oxygen atoms in total. The number of benzene rings is 1. The first-order valence-electron chi connectivity index (χ1n) is 5.10. The van der Waals surface area contributed by atoms with Gasteiger partial charge in [0.05, 0.1) is 6.54 Å². The maximum Gasteiger partial charge on any atom is 0.411 e. The van der Waals surface area contributed by atoms with Gasteiger partial charge in [0.2, 0.25) is 6.10 Å². The molecule has 1 fully saturated rings. The molecular weight excluding hydrogens is 204 g/mol. The highest BCUT2D eigenvalue weighted by molar-refractivity contribution is 5.70. The van der Waals surface area contributed by atoms with E-state index >= 15 is 0 Å². The molecule has 2 rings (SSSR count). The van der Waals surface area contributed by atoms with Crippen molar-refractivity contribution in [1.82, 2.24) is 4.90 Å². The maximum absolute atomic E-state index is 11.4. The number of nitrogens with zero attached hydrogens (tertiary/aromatic N) is 2. The van der Waals surface area contributed by atoms with Crippen molar-refractivity contribution in [2.24, 2.45) is 0 Å². The molecule has 0 radical (unpaired) electrons. The van der Waals surface area contributed by atoms with Gasteiger partial charge in [0.1, 0.15) is 6.07 Å². The molecule has 1 aromatic rings. The minimum absolute atomic E-state index is 0.350. The Kier molecular flexibility index (Phi) is 2.78. The fraction of sp³-hybridized carbons (Fsp3) is 0.333. The highest BCUT2D eigenvalue weighted by atomic mass is 16.6. The molecule has 0 saturated carbocycles. The number of aryl methyl sites for hydroxylation is 1. The number of rotatable bonds is 2. The Labute approximate surface area is 94.0 Å². The summed E-state index contributed by atoms with van der Waals surface area (Å²) in [5.41, 5.74) is 2.23. The Morgan fingerprint density at radius 3 is 2.75 bits per heavy atom. The van der Waals surface area contributed by atoms with Crippen LogP contribution in [0.3, 0.4) is 0 Å². The average molecular weight is 216 g/mol. The Morgan fingerprint density at radius 1 is 1.50 bits per heavy atom. The lowest BCUT2D eigenvalue weighted by molar-refractivity contribution is 0.146. The second-order valence-corrected chi connectivity index (χ2v) is 3.87. The number of hydrogen-bond acceptors (Lipinski definition) is 3. The first kappa shape index (κ1) is 10.5. The van der Waals surface area contributed by atoms with Crippen molar-refractivity contribution >= 4 is 6.09 Å². The van der Waals surface area contributed by atoms with E-state index in [-0.39, 0.29) is 0 Å². The van der Waals surface area contributed by atoms with Gasteiger partial charge in [-0.05, 0) is 12.5 Å². The van der Waals surface area contributed by atoms with E-state index in [2.05, 4.69) is 0 Å². The lowest BCUT2D eigenvalue weighted by atomic mass is 10.1. The van der Waals surface area contributed by atoms with Crippen molar-refractivity contribution < 1.29 is 9.53 Å². The summed E-state index contributed by atoms with van der Waals surface area (Å²) in [6.45, 7) is 2.86. The zero-order chi connectivity index (χ0) is 11.5. The minimum Gasteiger partial charge on any atom is -0.429 e. The third-order valence-corrected chi connectivity index (χ3v) is 2.53. The quantitative estimate of drug-likeness (QED) is 0.758. The molecule has 0 bridgehead atoms. The molecule has 0 spiro atoms. The van der Waals surface area contributed by atoms with Gasteiger partial charge in [-0.2, -0.15) is 5.26 Å². The Bertz CT molecular complexity index is 433. The molecule has 82 valence electrons. The molecule has 1 amide bonds. The highest BCUT2D eigenvalue weighted by Gasteiger charge is 2.30. The molecule has 1 saturated heterocycles. The van der Waals surface area contributed by atoms with Crippen molar-refractivity contribution in [1.29, 1.82) is 5.26 Å². The highest BCUT2D eigenvalue weighted by Crippen LogP contribution is 2.14. The van der Waals surface area contributed by atoms with Crippen molar-refractivity contribution in [3.05, 3.63) is 35.4 Å². The second kappa shape index (κ2) is 4.23. The van der Waals surface area contributed by atoms with Crippen LogP contribution in [0.4, 0.5) is 4.79 Å². The number of nitriles is 1. The maximum atomic E-state index is 11.4.